The van der Waals surface area contributed by atoms with Crippen molar-refractivity contribution < 1.29 is 154 Å². The minimum absolute atomic E-state index is 0.00347. The van der Waals surface area contributed by atoms with E-state index < -0.39 is 238 Å². The summed E-state index contributed by atoms with van der Waals surface area (Å²) < 4.78 is 60.5. The summed E-state index contributed by atoms with van der Waals surface area (Å²) in [7, 11) is 0. The topological polar surface area (TPSA) is 489 Å². The van der Waals surface area contributed by atoms with Crippen LogP contribution in [0.5, 0.6) is 0 Å². The number of carboxylic acids is 1. The lowest BCUT2D eigenvalue weighted by atomic mass is 9.33. The third-order valence-electron chi connectivity index (χ3n) is 23.8. The van der Waals surface area contributed by atoms with Gasteiger partial charge < -0.3 is 134 Å². The molecule has 0 aromatic rings. The molecule has 5 heterocycles. The van der Waals surface area contributed by atoms with Crippen LogP contribution in [-0.4, -0.2) is 298 Å². The predicted molar refractivity (Wildman–Crippen MR) is 303 cm³/mol. The Balaban J connectivity index is 0.889. The fourth-order valence-corrected chi connectivity index (χ4v) is 18.1. The molecule has 0 bridgehead atoms. The molecule has 0 amide bonds. The fraction of sp³-hybridized carbons (Fsp3) is 0.934. The van der Waals surface area contributed by atoms with Gasteiger partial charge in [0, 0.05) is 23.2 Å². The third kappa shape index (κ3) is 12.1. The molecule has 5 aliphatic carbocycles. The second-order valence-corrected chi connectivity index (χ2v) is 29.4. The molecule has 35 atom stereocenters. The summed E-state index contributed by atoms with van der Waals surface area (Å²) in [5.41, 5.74) is -2.71. The number of carbonyl (C=O) groups excluding carboxylic acids is 1. The van der Waals surface area contributed by atoms with Gasteiger partial charge in [0.05, 0.1) is 39.1 Å². The van der Waals surface area contributed by atoms with Gasteiger partial charge in [-0.3, -0.25) is 4.79 Å². The molecule has 528 valence electrons. The third-order valence-corrected chi connectivity index (χ3v) is 23.8. The summed E-state index contributed by atoms with van der Waals surface area (Å²) in [6, 6.07) is 0. The van der Waals surface area contributed by atoms with Crippen molar-refractivity contribution in [2.24, 2.45) is 50.2 Å². The number of rotatable bonds is 17. The Morgan fingerprint density at radius 3 is 1.70 bits per heavy atom. The van der Waals surface area contributed by atoms with Gasteiger partial charge in [-0.05, 0) is 85.4 Å². The number of allylic oxidation sites excluding steroid dienone is 2. The number of carbonyl (C=O) groups is 2. The van der Waals surface area contributed by atoms with E-state index in [0.29, 0.717) is 44.9 Å². The Labute approximate surface area is 531 Å². The van der Waals surface area contributed by atoms with E-state index in [-0.39, 0.29) is 29.6 Å². The Morgan fingerprint density at radius 2 is 1.10 bits per heavy atom. The average Bonchev–Trinajstić information content (AvgIpc) is 0.674. The summed E-state index contributed by atoms with van der Waals surface area (Å²) >= 11 is 0. The minimum atomic E-state index is -2.18. The summed E-state index contributed by atoms with van der Waals surface area (Å²) in [5.74, 6) is -2.68. The second-order valence-electron chi connectivity index (χ2n) is 29.4. The van der Waals surface area contributed by atoms with Crippen molar-refractivity contribution in [2.75, 3.05) is 33.0 Å². The molecule has 0 aromatic carbocycles. The summed E-state index contributed by atoms with van der Waals surface area (Å²) in [6.45, 7) is 12.8. The predicted octanol–water partition coefficient (Wildman–Crippen LogP) is -4.56. The van der Waals surface area contributed by atoms with Crippen molar-refractivity contribution in [1.29, 1.82) is 0 Å². The summed E-state index contributed by atoms with van der Waals surface area (Å²) in [5, 5.41) is 183. The molecule has 0 radical (unpaired) electrons. The van der Waals surface area contributed by atoms with Crippen molar-refractivity contribution in [3.63, 3.8) is 0 Å². The van der Waals surface area contributed by atoms with Gasteiger partial charge in [0.1, 0.15) is 116 Å². The van der Waals surface area contributed by atoms with Crippen LogP contribution in [0.3, 0.4) is 0 Å². The van der Waals surface area contributed by atoms with Gasteiger partial charge in [-0.25, -0.2) is 14.6 Å². The van der Waals surface area contributed by atoms with Crippen molar-refractivity contribution in [1.82, 2.24) is 0 Å². The molecule has 17 N–H and O–H groups in total. The molecule has 1 unspecified atom stereocenters. The maximum absolute atomic E-state index is 13.0. The van der Waals surface area contributed by atoms with E-state index in [4.69, 9.17) is 57.1 Å². The molecule has 4 saturated carbocycles. The molecule has 5 aliphatic heterocycles. The van der Waals surface area contributed by atoms with Crippen LogP contribution in [-0.2, 0) is 66.7 Å². The van der Waals surface area contributed by atoms with Crippen molar-refractivity contribution >= 4 is 11.9 Å². The van der Waals surface area contributed by atoms with E-state index in [0.717, 1.165) is 0 Å². The molecule has 0 spiro atoms. The Bertz CT molecular complexity index is 2600. The normalized spacial score (nSPS) is 53.5. The highest BCUT2D eigenvalue weighted by Crippen LogP contribution is 2.76. The average molecular weight is 1330 g/mol. The van der Waals surface area contributed by atoms with Crippen molar-refractivity contribution in [3.05, 3.63) is 11.6 Å². The number of ether oxygens (including phenoxy) is 10. The number of carboxylic acid groups (broad SMARTS) is 1. The van der Waals surface area contributed by atoms with Gasteiger partial charge in [0.2, 0.25) is 6.29 Å². The lowest BCUT2D eigenvalue weighted by Crippen LogP contribution is -2.69. The minimum Gasteiger partial charge on any atom is -0.479 e. The zero-order chi connectivity index (χ0) is 67.4. The summed E-state index contributed by atoms with van der Waals surface area (Å²) in [4.78, 5) is 36.4. The number of aliphatic carboxylic acids is 1. The van der Waals surface area contributed by atoms with Crippen LogP contribution in [0.1, 0.15) is 107 Å². The van der Waals surface area contributed by atoms with E-state index in [1.807, 2.05) is 20.8 Å². The molecule has 10 rings (SSSR count). The van der Waals surface area contributed by atoms with Crippen molar-refractivity contribution in [2.45, 2.75) is 272 Å². The molecule has 9 fully saturated rings. The highest BCUT2D eigenvalue weighted by Gasteiger charge is 2.72. The van der Waals surface area contributed by atoms with Gasteiger partial charge in [0.15, 0.2) is 37.4 Å². The van der Waals surface area contributed by atoms with Crippen LogP contribution in [0.25, 0.3) is 0 Å². The van der Waals surface area contributed by atoms with Crippen LogP contribution in [0.15, 0.2) is 11.6 Å². The van der Waals surface area contributed by atoms with Gasteiger partial charge in [0.25, 0.3) is 0 Å². The zero-order valence-electron chi connectivity index (χ0n) is 52.9. The number of hydrogen-bond donors (Lipinski definition) is 17. The number of aliphatic hydroxyl groups excluding tert-OH is 16. The van der Waals surface area contributed by atoms with E-state index in [9.17, 15) is 96.4 Å². The Morgan fingerprint density at radius 1 is 0.533 bits per heavy atom. The molecule has 10 aliphatic rings. The van der Waals surface area contributed by atoms with Crippen LogP contribution < -0.4 is 0 Å². The lowest BCUT2D eigenvalue weighted by Gasteiger charge is -2.72. The second kappa shape index (κ2) is 27.0. The number of fused-ring (bicyclic) bond motifs is 7. The first-order chi connectivity index (χ1) is 43.1. The number of aliphatic hydroxyl groups is 16. The van der Waals surface area contributed by atoms with Crippen LogP contribution in [0.4, 0.5) is 0 Å². The number of hydrogen-bond acceptors (Lipinski definition) is 30. The van der Waals surface area contributed by atoms with E-state index >= 15 is 0 Å². The van der Waals surface area contributed by atoms with E-state index in [1.165, 1.54) is 12.5 Å². The number of esters is 1. The van der Waals surface area contributed by atoms with E-state index in [1.54, 1.807) is 0 Å². The molecular weight excluding hydrogens is 1230 g/mol. The molecule has 5 saturated heterocycles. The Hall–Kier alpha value is -2.40. The molecule has 31 heteroatoms. The largest absolute Gasteiger partial charge is 0.479 e. The zero-order valence-corrected chi connectivity index (χ0v) is 52.9. The molecular formula is C61H98O31. The summed E-state index contributed by atoms with van der Waals surface area (Å²) in [6.07, 6.45) is -39.3. The van der Waals surface area contributed by atoms with Crippen LogP contribution >= 0.6 is 0 Å². The SMILES string of the molecule is CC(=O)O[C@H]1C(O[C@@H]2OC[C@H](O[C@@H]3O[C@H](CO)[C@@H](O)[C@H](O)[C@H]3O)[C@H](O)[C@H]2O)[C@]2(C)CC[C@]3(C)C(=CC[C@@H]4[C@@]5(C)CC[C@H](O[C@@H]6O[C@H](C(=O)O)[C@@H](O)[C@H](O)[C@H]6O[C@@H]6O[C@H](CO)[C@H](O)[C@H](O)[C@H]6OO[C@@H]6O[C@H](CO)[C@@H](O)[C@H](O)[C@H]6O)[C@](C)(CO)[C@@H]5CC[C@]43C)[C@@H]2CC1(C)C. The van der Waals surface area contributed by atoms with Gasteiger partial charge >= 0.3 is 11.9 Å². The van der Waals surface area contributed by atoms with Gasteiger partial charge in [-0.2, -0.15) is 0 Å². The Kier molecular flexibility index (Phi) is 21.3. The lowest BCUT2D eigenvalue weighted by molar-refractivity contribution is -0.477. The quantitative estimate of drug-likeness (QED) is 0.0214. The maximum Gasteiger partial charge on any atom is 0.335 e. The molecule has 92 heavy (non-hydrogen) atoms. The smallest absolute Gasteiger partial charge is 0.335 e. The highest BCUT2D eigenvalue weighted by atomic mass is 17.2. The monoisotopic (exact) mass is 1330 g/mol. The maximum atomic E-state index is 13.0. The van der Waals surface area contributed by atoms with Crippen LogP contribution in [0, 0.1) is 50.2 Å². The van der Waals surface area contributed by atoms with Crippen LogP contribution in [0.2, 0.25) is 0 Å². The van der Waals surface area contributed by atoms with Gasteiger partial charge in [-0.1, -0.05) is 60.1 Å². The first-order valence-corrected chi connectivity index (χ1v) is 32.0. The standard InChI is InChI=1S/C61H98O31/c1-23(66)82-48-49(90-51-42(76)36(70)29(21-81-51)86-52-43(77)37(71)33(67)26(18-62)83-52)57(4)15-16-60(7)24(25(57)17-56(48,2)3)9-10-31-58(5)13-12-32(59(6,22-65)30(58)11-14-61(31,60)8)87-54-46(41(75)40(74)45(88-54)50(79)80)89-55-47(39(73)35(69)28(20-64)85-55)91-92-53-44(78)38(72)34(68)27(19-63)84-53/h9,25-49,51-55,62-65,67-78H,10-22H2,1-8H3,(H,79,80)/t25-,26+,27+,28+,29-,30+,31+,32-,33+,34+,35-,36-,37-,38-,39-,40-,41-,42+,43+,44+,45-,46+,47+,48-,49?,51-,52-,53-,54+,55-,57+,58-,59+,60+,61+/m0/s1. The first kappa shape index (κ1) is 72.3. The van der Waals surface area contributed by atoms with Crippen molar-refractivity contribution in [3.8, 4) is 0 Å². The van der Waals surface area contributed by atoms with E-state index in [2.05, 4.69) is 33.8 Å². The fourth-order valence-electron chi connectivity index (χ4n) is 18.1. The first-order valence-electron chi connectivity index (χ1n) is 32.0. The molecule has 31 nitrogen and oxygen atoms in total. The van der Waals surface area contributed by atoms with Gasteiger partial charge in [-0.15, -0.1) is 0 Å². The molecule has 0 aromatic heterocycles. The highest BCUT2D eigenvalue weighted by molar-refractivity contribution is 5.73.